The first-order valence-electron chi connectivity index (χ1n) is 6.74. The second kappa shape index (κ2) is 5.92. The van der Waals surface area contributed by atoms with Crippen molar-refractivity contribution < 1.29 is 4.92 Å². The van der Waals surface area contributed by atoms with Crippen molar-refractivity contribution in [3.8, 4) is 0 Å². The molecule has 2 aromatic rings. The van der Waals surface area contributed by atoms with Crippen molar-refractivity contribution in [1.29, 1.82) is 0 Å². The highest BCUT2D eigenvalue weighted by Gasteiger charge is 2.26. The van der Waals surface area contributed by atoms with Crippen LogP contribution >= 0.6 is 0 Å². The van der Waals surface area contributed by atoms with Gasteiger partial charge in [-0.05, 0) is 39.8 Å². The Hall–Kier alpha value is -2.77. The summed E-state index contributed by atoms with van der Waals surface area (Å²) in [6.45, 7) is 7.53. The lowest BCUT2D eigenvalue weighted by Crippen LogP contribution is -2.27. The summed E-state index contributed by atoms with van der Waals surface area (Å²) in [6.07, 6.45) is 1.28. The van der Waals surface area contributed by atoms with Gasteiger partial charge >= 0.3 is 5.69 Å². The molecule has 0 aliphatic rings. The van der Waals surface area contributed by atoms with Crippen molar-refractivity contribution in [1.82, 2.24) is 15.0 Å². The molecular formula is C14H18N6O2. The van der Waals surface area contributed by atoms with Gasteiger partial charge in [0.2, 0.25) is 11.6 Å². The smallest absolute Gasteiger partial charge is 0.353 e. The zero-order valence-electron chi connectivity index (χ0n) is 12.9. The molecule has 0 saturated heterocycles. The van der Waals surface area contributed by atoms with Crippen LogP contribution in [0.15, 0.2) is 24.5 Å². The quantitative estimate of drug-likeness (QED) is 0.660. The molecular weight excluding hydrogens is 284 g/mol. The predicted molar refractivity (Wildman–Crippen MR) is 84.3 cm³/mol. The number of anilines is 3. The Morgan fingerprint density at radius 2 is 1.86 bits per heavy atom. The number of hydrogen-bond acceptors (Lipinski definition) is 7. The summed E-state index contributed by atoms with van der Waals surface area (Å²) >= 11 is 0. The van der Waals surface area contributed by atoms with Gasteiger partial charge in [-0.15, -0.1) is 0 Å². The number of pyridine rings is 1. The fourth-order valence-electron chi connectivity index (χ4n) is 1.82. The lowest BCUT2D eigenvalue weighted by atomic mass is 10.1. The van der Waals surface area contributed by atoms with E-state index in [0.29, 0.717) is 5.82 Å². The highest BCUT2D eigenvalue weighted by molar-refractivity contribution is 5.73. The maximum atomic E-state index is 11.4. The van der Waals surface area contributed by atoms with Crippen molar-refractivity contribution >= 4 is 23.1 Å². The fraction of sp³-hybridized carbons (Fsp3) is 0.357. The molecule has 8 heteroatoms. The van der Waals surface area contributed by atoms with E-state index in [4.69, 9.17) is 0 Å². The molecule has 22 heavy (non-hydrogen) atoms. The minimum absolute atomic E-state index is 0.102. The molecule has 0 amide bonds. The van der Waals surface area contributed by atoms with Crippen LogP contribution in [-0.4, -0.2) is 25.4 Å². The third-order valence-electron chi connectivity index (χ3n) is 2.63. The Labute approximate surface area is 128 Å². The molecule has 0 aliphatic heterocycles. The molecule has 0 atom stereocenters. The summed E-state index contributed by atoms with van der Waals surface area (Å²) in [7, 11) is 0. The van der Waals surface area contributed by atoms with E-state index >= 15 is 0 Å². The van der Waals surface area contributed by atoms with Gasteiger partial charge < -0.3 is 10.6 Å². The van der Waals surface area contributed by atoms with Crippen LogP contribution in [0, 0.1) is 17.0 Å². The van der Waals surface area contributed by atoms with E-state index < -0.39 is 4.92 Å². The van der Waals surface area contributed by atoms with Gasteiger partial charge in [0.15, 0.2) is 0 Å². The molecule has 0 spiro atoms. The van der Waals surface area contributed by atoms with Crippen molar-refractivity contribution in [2.75, 3.05) is 10.6 Å². The summed E-state index contributed by atoms with van der Waals surface area (Å²) < 4.78 is 0. The molecule has 0 saturated carbocycles. The molecule has 0 aliphatic carbocycles. The average molecular weight is 302 g/mol. The topological polar surface area (TPSA) is 106 Å². The van der Waals surface area contributed by atoms with Gasteiger partial charge in [-0.2, -0.15) is 0 Å². The van der Waals surface area contributed by atoms with Crippen LogP contribution in [0.1, 0.15) is 26.5 Å². The van der Waals surface area contributed by atoms with E-state index in [1.165, 1.54) is 6.33 Å². The molecule has 2 aromatic heterocycles. The monoisotopic (exact) mass is 302 g/mol. The largest absolute Gasteiger partial charge is 0.360 e. The van der Waals surface area contributed by atoms with Crippen LogP contribution < -0.4 is 10.6 Å². The van der Waals surface area contributed by atoms with E-state index in [1.807, 2.05) is 39.8 Å². The first-order chi connectivity index (χ1) is 10.3. The Bertz CT molecular complexity index is 696. The highest BCUT2D eigenvalue weighted by atomic mass is 16.6. The Morgan fingerprint density at radius 3 is 2.45 bits per heavy atom. The number of nitro groups is 1. The summed E-state index contributed by atoms with van der Waals surface area (Å²) in [5.41, 5.74) is 0.230. The van der Waals surface area contributed by atoms with Crippen LogP contribution in [-0.2, 0) is 0 Å². The van der Waals surface area contributed by atoms with Gasteiger partial charge in [-0.25, -0.2) is 15.0 Å². The van der Waals surface area contributed by atoms with E-state index in [2.05, 4.69) is 25.6 Å². The van der Waals surface area contributed by atoms with E-state index in [1.54, 1.807) is 6.07 Å². The first kappa shape index (κ1) is 15.6. The SMILES string of the molecule is Cc1cccc(Nc2ncnc(NC(C)(C)C)c2[N+](=O)[O-])n1. The molecule has 2 N–H and O–H groups in total. The van der Waals surface area contributed by atoms with Gasteiger partial charge in [-0.1, -0.05) is 6.07 Å². The molecule has 116 valence electrons. The van der Waals surface area contributed by atoms with E-state index in [0.717, 1.165) is 5.69 Å². The summed E-state index contributed by atoms with van der Waals surface area (Å²) in [5, 5.41) is 17.3. The fourth-order valence-corrected chi connectivity index (χ4v) is 1.82. The van der Waals surface area contributed by atoms with Crippen LogP contribution in [0.4, 0.5) is 23.1 Å². The lowest BCUT2D eigenvalue weighted by Gasteiger charge is -2.21. The predicted octanol–water partition coefficient (Wildman–Crippen LogP) is 3.04. The van der Waals surface area contributed by atoms with Gasteiger partial charge in [0.05, 0.1) is 4.92 Å². The second-order valence-electron chi connectivity index (χ2n) is 5.84. The number of nitrogens with zero attached hydrogens (tertiary/aromatic N) is 4. The number of nitrogens with one attached hydrogen (secondary N) is 2. The van der Waals surface area contributed by atoms with Crippen molar-refractivity contribution in [3.05, 3.63) is 40.3 Å². The average Bonchev–Trinajstić information content (AvgIpc) is 2.36. The minimum atomic E-state index is -0.508. The second-order valence-corrected chi connectivity index (χ2v) is 5.84. The molecule has 0 unspecified atom stereocenters. The van der Waals surface area contributed by atoms with E-state index in [-0.39, 0.29) is 22.9 Å². The van der Waals surface area contributed by atoms with Crippen LogP contribution in [0.5, 0.6) is 0 Å². The lowest BCUT2D eigenvalue weighted by molar-refractivity contribution is -0.383. The number of rotatable bonds is 4. The molecule has 0 radical (unpaired) electrons. The Kier molecular flexibility index (Phi) is 4.20. The maximum absolute atomic E-state index is 11.4. The summed E-state index contributed by atoms with van der Waals surface area (Å²) in [4.78, 5) is 23.1. The maximum Gasteiger partial charge on any atom is 0.353 e. The molecule has 2 rings (SSSR count). The molecule has 0 bridgehead atoms. The normalized spacial score (nSPS) is 11.1. The van der Waals surface area contributed by atoms with Gasteiger partial charge in [0, 0.05) is 11.2 Å². The van der Waals surface area contributed by atoms with Gasteiger partial charge in [0.25, 0.3) is 0 Å². The summed E-state index contributed by atoms with van der Waals surface area (Å²) in [5.74, 6) is 0.760. The van der Waals surface area contributed by atoms with Crippen LogP contribution in [0.3, 0.4) is 0 Å². The van der Waals surface area contributed by atoms with Gasteiger partial charge in [0.1, 0.15) is 12.1 Å². The Morgan fingerprint density at radius 1 is 1.18 bits per heavy atom. The third kappa shape index (κ3) is 3.87. The highest BCUT2D eigenvalue weighted by Crippen LogP contribution is 2.32. The molecule has 2 heterocycles. The molecule has 0 aromatic carbocycles. The Balaban J connectivity index is 2.43. The van der Waals surface area contributed by atoms with Crippen molar-refractivity contribution in [3.63, 3.8) is 0 Å². The zero-order chi connectivity index (χ0) is 16.3. The minimum Gasteiger partial charge on any atom is -0.360 e. The number of aromatic nitrogens is 3. The van der Waals surface area contributed by atoms with Crippen molar-refractivity contribution in [2.24, 2.45) is 0 Å². The van der Waals surface area contributed by atoms with Crippen LogP contribution in [0.25, 0.3) is 0 Å². The number of aryl methyl sites for hydroxylation is 1. The number of hydrogen-bond donors (Lipinski definition) is 2. The van der Waals surface area contributed by atoms with Crippen molar-refractivity contribution in [2.45, 2.75) is 33.2 Å². The van der Waals surface area contributed by atoms with Gasteiger partial charge in [-0.3, -0.25) is 10.1 Å². The zero-order valence-corrected chi connectivity index (χ0v) is 12.9. The standard InChI is InChI=1S/C14H18N6O2/c1-9-6-5-7-10(17-9)18-12-11(20(21)22)13(16-8-15-12)19-14(2,3)4/h5-8H,1-4H3,(H2,15,16,17,18,19). The summed E-state index contributed by atoms with van der Waals surface area (Å²) in [6, 6.07) is 5.37. The van der Waals surface area contributed by atoms with E-state index in [9.17, 15) is 10.1 Å². The molecule has 0 fully saturated rings. The first-order valence-corrected chi connectivity index (χ1v) is 6.74. The molecule has 8 nitrogen and oxygen atoms in total. The third-order valence-corrected chi connectivity index (χ3v) is 2.63. The van der Waals surface area contributed by atoms with Crippen LogP contribution in [0.2, 0.25) is 0 Å².